The first-order chi connectivity index (χ1) is 6.33. The van der Waals surface area contributed by atoms with Gasteiger partial charge < -0.3 is 4.74 Å². The van der Waals surface area contributed by atoms with Crippen LogP contribution in [0.25, 0.3) is 10.4 Å². The molecule has 68 valence electrons. The lowest BCUT2D eigenvalue weighted by atomic mass is 10.3. The summed E-state index contributed by atoms with van der Waals surface area (Å²) in [6.07, 6.45) is 1.73. The molecular weight excluding hydrogens is 168 g/mol. The number of pyridine rings is 1. The maximum absolute atomic E-state index is 7.99. The summed E-state index contributed by atoms with van der Waals surface area (Å²) in [5.74, 6) is 0.554. The minimum Gasteiger partial charge on any atom is -0.478 e. The molecule has 1 aromatic heterocycles. The Morgan fingerprint density at radius 3 is 3.08 bits per heavy atom. The zero-order chi connectivity index (χ0) is 9.52. The van der Waals surface area contributed by atoms with Gasteiger partial charge in [0.1, 0.15) is 0 Å². The summed E-state index contributed by atoms with van der Waals surface area (Å²) in [6, 6.07) is 3.70. The van der Waals surface area contributed by atoms with E-state index in [1.54, 1.807) is 12.3 Å². The van der Waals surface area contributed by atoms with Crippen LogP contribution in [0.4, 0.5) is 0 Å². The Kier molecular flexibility index (Phi) is 3.60. The zero-order valence-corrected chi connectivity index (χ0v) is 7.34. The predicted octanol–water partition coefficient (Wildman–Crippen LogP) is 2.08. The molecule has 0 radical (unpaired) electrons. The Balaban J connectivity index is 2.37. The van der Waals surface area contributed by atoms with Crippen LogP contribution in [0.3, 0.4) is 0 Å². The Labute approximate surface area is 76.0 Å². The number of aryl methyl sites for hydroxylation is 1. The van der Waals surface area contributed by atoms with Crippen LogP contribution in [-0.2, 0) is 0 Å². The second-order valence-electron chi connectivity index (χ2n) is 2.48. The van der Waals surface area contributed by atoms with Gasteiger partial charge in [0.2, 0.25) is 5.88 Å². The summed E-state index contributed by atoms with van der Waals surface area (Å²) >= 11 is 0. The van der Waals surface area contributed by atoms with Gasteiger partial charge in [-0.1, -0.05) is 11.2 Å². The van der Waals surface area contributed by atoms with Crippen molar-refractivity contribution in [2.24, 2.45) is 5.11 Å². The van der Waals surface area contributed by atoms with E-state index < -0.39 is 0 Å². The van der Waals surface area contributed by atoms with Crippen LogP contribution in [0.2, 0.25) is 0 Å². The van der Waals surface area contributed by atoms with E-state index in [0.717, 1.165) is 5.56 Å². The van der Waals surface area contributed by atoms with E-state index in [9.17, 15) is 0 Å². The molecule has 0 saturated carbocycles. The lowest BCUT2D eigenvalue weighted by molar-refractivity contribution is 0.315. The van der Waals surface area contributed by atoms with E-state index in [2.05, 4.69) is 15.0 Å². The monoisotopic (exact) mass is 178 g/mol. The second kappa shape index (κ2) is 5.00. The van der Waals surface area contributed by atoms with Gasteiger partial charge in [0.15, 0.2) is 0 Å². The van der Waals surface area contributed by atoms with E-state index in [4.69, 9.17) is 10.3 Å². The fourth-order valence-electron chi connectivity index (χ4n) is 0.775. The van der Waals surface area contributed by atoms with Gasteiger partial charge >= 0.3 is 0 Å². The van der Waals surface area contributed by atoms with Crippen LogP contribution in [0.1, 0.15) is 5.56 Å². The molecule has 0 unspecified atom stereocenters. The number of ether oxygens (including phenoxy) is 1. The van der Waals surface area contributed by atoms with Crippen molar-refractivity contribution in [3.63, 3.8) is 0 Å². The van der Waals surface area contributed by atoms with Crippen molar-refractivity contribution in [2.45, 2.75) is 6.92 Å². The molecule has 0 atom stereocenters. The number of hydrogen-bond acceptors (Lipinski definition) is 3. The molecular formula is C8H10N4O. The van der Waals surface area contributed by atoms with Crippen LogP contribution in [0.5, 0.6) is 5.88 Å². The molecule has 0 amide bonds. The Hall–Kier alpha value is -1.74. The van der Waals surface area contributed by atoms with Crippen molar-refractivity contribution in [3.05, 3.63) is 34.3 Å². The van der Waals surface area contributed by atoms with Crippen molar-refractivity contribution < 1.29 is 4.74 Å². The molecule has 0 spiro atoms. The molecule has 1 heterocycles. The molecule has 5 nitrogen and oxygen atoms in total. The molecule has 0 fully saturated rings. The summed E-state index contributed by atoms with van der Waals surface area (Å²) in [7, 11) is 0. The van der Waals surface area contributed by atoms with Crippen LogP contribution in [0.15, 0.2) is 23.4 Å². The second-order valence-corrected chi connectivity index (χ2v) is 2.48. The molecule has 0 saturated heterocycles. The third kappa shape index (κ3) is 3.44. The maximum Gasteiger partial charge on any atom is 0.213 e. The standard InChI is InChI=1S/C8H10N4O/c1-7-2-3-8(10-6-7)13-5-4-11-12-9/h2-3,6H,4-5H2,1H3. The third-order valence-electron chi connectivity index (χ3n) is 1.39. The highest BCUT2D eigenvalue weighted by Gasteiger charge is 1.92. The molecule has 0 aliphatic carbocycles. The molecule has 0 bridgehead atoms. The highest BCUT2D eigenvalue weighted by molar-refractivity contribution is 5.16. The van der Waals surface area contributed by atoms with Gasteiger partial charge in [-0.15, -0.1) is 0 Å². The van der Waals surface area contributed by atoms with Crippen LogP contribution in [0, 0.1) is 6.92 Å². The van der Waals surface area contributed by atoms with Crippen LogP contribution < -0.4 is 4.74 Å². The first-order valence-electron chi connectivity index (χ1n) is 3.89. The van der Waals surface area contributed by atoms with E-state index in [1.807, 2.05) is 13.0 Å². The van der Waals surface area contributed by atoms with Crippen molar-refractivity contribution in [3.8, 4) is 5.88 Å². The Morgan fingerprint density at radius 2 is 2.46 bits per heavy atom. The van der Waals surface area contributed by atoms with Gasteiger partial charge in [-0.3, -0.25) is 0 Å². The highest BCUT2D eigenvalue weighted by Crippen LogP contribution is 2.05. The van der Waals surface area contributed by atoms with E-state index in [0.29, 0.717) is 19.0 Å². The minimum absolute atomic E-state index is 0.325. The van der Waals surface area contributed by atoms with Gasteiger partial charge in [-0.25, -0.2) is 4.98 Å². The Bertz CT molecular complexity index is 302. The third-order valence-corrected chi connectivity index (χ3v) is 1.39. The SMILES string of the molecule is Cc1ccc(OCCN=[N+]=[N-])nc1. The largest absolute Gasteiger partial charge is 0.478 e. The van der Waals surface area contributed by atoms with Crippen molar-refractivity contribution in [2.75, 3.05) is 13.2 Å². The fraction of sp³-hybridized carbons (Fsp3) is 0.375. The number of azide groups is 1. The minimum atomic E-state index is 0.325. The number of hydrogen-bond donors (Lipinski definition) is 0. The van der Waals surface area contributed by atoms with Gasteiger partial charge in [0.05, 0.1) is 13.2 Å². The molecule has 13 heavy (non-hydrogen) atoms. The fourth-order valence-corrected chi connectivity index (χ4v) is 0.775. The van der Waals surface area contributed by atoms with Crippen molar-refractivity contribution in [1.82, 2.24) is 4.98 Å². The summed E-state index contributed by atoms with van der Waals surface area (Å²) < 4.78 is 5.19. The quantitative estimate of drug-likeness (QED) is 0.306. The van der Waals surface area contributed by atoms with Crippen molar-refractivity contribution in [1.29, 1.82) is 0 Å². The summed E-state index contributed by atoms with van der Waals surface area (Å²) in [5.41, 5.74) is 9.07. The number of nitrogens with zero attached hydrogens (tertiary/aromatic N) is 4. The van der Waals surface area contributed by atoms with E-state index in [1.165, 1.54) is 0 Å². The lowest BCUT2D eigenvalue weighted by Gasteiger charge is -2.01. The average molecular weight is 178 g/mol. The summed E-state index contributed by atoms with van der Waals surface area (Å²) in [4.78, 5) is 6.62. The smallest absolute Gasteiger partial charge is 0.213 e. The van der Waals surface area contributed by atoms with Gasteiger partial charge in [-0.05, 0) is 18.0 Å². The lowest BCUT2D eigenvalue weighted by Crippen LogP contribution is -2.01. The number of aromatic nitrogens is 1. The van der Waals surface area contributed by atoms with Crippen molar-refractivity contribution >= 4 is 0 Å². The summed E-state index contributed by atoms with van der Waals surface area (Å²) in [5, 5.41) is 3.33. The van der Waals surface area contributed by atoms with E-state index >= 15 is 0 Å². The topological polar surface area (TPSA) is 70.9 Å². The molecule has 0 aliphatic rings. The zero-order valence-electron chi connectivity index (χ0n) is 7.34. The first-order valence-corrected chi connectivity index (χ1v) is 3.89. The molecule has 0 N–H and O–H groups in total. The van der Waals surface area contributed by atoms with E-state index in [-0.39, 0.29) is 0 Å². The number of rotatable bonds is 4. The summed E-state index contributed by atoms with van der Waals surface area (Å²) in [6.45, 7) is 2.64. The normalized spacial score (nSPS) is 9.00. The first kappa shape index (κ1) is 9.35. The van der Waals surface area contributed by atoms with Crippen LogP contribution in [-0.4, -0.2) is 18.1 Å². The molecule has 0 aliphatic heterocycles. The van der Waals surface area contributed by atoms with Gasteiger partial charge in [0, 0.05) is 17.2 Å². The average Bonchev–Trinajstić information content (AvgIpc) is 2.15. The maximum atomic E-state index is 7.99. The van der Waals surface area contributed by atoms with Gasteiger partial charge in [-0.2, -0.15) is 0 Å². The van der Waals surface area contributed by atoms with Crippen LogP contribution >= 0.6 is 0 Å². The molecule has 1 rings (SSSR count). The highest BCUT2D eigenvalue weighted by atomic mass is 16.5. The molecule has 5 heteroatoms. The molecule has 0 aromatic carbocycles. The predicted molar refractivity (Wildman–Crippen MR) is 48.5 cm³/mol. The molecule has 1 aromatic rings. The Morgan fingerprint density at radius 1 is 1.62 bits per heavy atom. The van der Waals surface area contributed by atoms with Gasteiger partial charge in [0.25, 0.3) is 0 Å².